The third-order valence-electron chi connectivity index (χ3n) is 2.23. The van der Waals surface area contributed by atoms with Crippen LogP contribution in [0.3, 0.4) is 0 Å². The molecule has 0 saturated heterocycles. The number of rotatable bonds is 3. The Morgan fingerprint density at radius 3 is 2.87 bits per heavy atom. The van der Waals surface area contributed by atoms with Crippen LogP contribution in [0.15, 0.2) is 30.6 Å². The second-order valence-electron chi connectivity index (χ2n) is 3.74. The summed E-state index contributed by atoms with van der Waals surface area (Å²) in [6.45, 7) is 4.89. The first-order chi connectivity index (χ1) is 7.24. The van der Waals surface area contributed by atoms with E-state index >= 15 is 0 Å². The smallest absolute Gasteiger partial charge is 0.126 e. The molecule has 2 aromatic heterocycles. The molecule has 2 N–H and O–H groups in total. The molecule has 0 radical (unpaired) electrons. The molecule has 3 nitrogen and oxygen atoms in total. The van der Waals surface area contributed by atoms with Gasteiger partial charge < -0.3 is 10.3 Å². The maximum absolute atomic E-state index is 4.41. The highest BCUT2D eigenvalue weighted by Crippen LogP contribution is 2.10. The number of nitrogens with zero attached hydrogens (tertiary/aromatic N) is 1. The van der Waals surface area contributed by atoms with Crippen molar-refractivity contribution < 1.29 is 0 Å². The highest BCUT2D eigenvalue weighted by atomic mass is 15.0. The lowest BCUT2D eigenvalue weighted by atomic mass is 10.2. The van der Waals surface area contributed by atoms with Gasteiger partial charge >= 0.3 is 0 Å². The molecular formula is C12H15N3. The van der Waals surface area contributed by atoms with Gasteiger partial charge in [0.05, 0.1) is 0 Å². The SMILES string of the molecule is Cc1cc(C)nc(NCc2cc[nH]c2)c1. The Kier molecular flexibility index (Phi) is 2.72. The molecule has 0 aliphatic rings. The zero-order valence-electron chi connectivity index (χ0n) is 9.04. The van der Waals surface area contributed by atoms with Gasteiger partial charge in [0.2, 0.25) is 0 Å². The summed E-state index contributed by atoms with van der Waals surface area (Å²) in [5.41, 5.74) is 3.52. The number of hydrogen-bond donors (Lipinski definition) is 2. The second-order valence-corrected chi connectivity index (χ2v) is 3.74. The monoisotopic (exact) mass is 201 g/mol. The molecule has 0 atom stereocenters. The van der Waals surface area contributed by atoms with Crippen LogP contribution in [0.4, 0.5) is 5.82 Å². The van der Waals surface area contributed by atoms with E-state index in [2.05, 4.69) is 40.4 Å². The van der Waals surface area contributed by atoms with Crippen LogP contribution in [0, 0.1) is 13.8 Å². The zero-order valence-corrected chi connectivity index (χ0v) is 9.04. The van der Waals surface area contributed by atoms with Crippen LogP contribution in [0.5, 0.6) is 0 Å². The first kappa shape index (κ1) is 9.77. The minimum atomic E-state index is 0.805. The molecule has 3 heteroatoms. The maximum Gasteiger partial charge on any atom is 0.126 e. The number of H-pyrrole nitrogens is 1. The van der Waals surface area contributed by atoms with Crippen LogP contribution in [-0.2, 0) is 6.54 Å². The first-order valence-electron chi connectivity index (χ1n) is 5.05. The number of aromatic nitrogens is 2. The fraction of sp³-hybridized carbons (Fsp3) is 0.250. The lowest BCUT2D eigenvalue weighted by molar-refractivity contribution is 1.08. The van der Waals surface area contributed by atoms with E-state index < -0.39 is 0 Å². The maximum atomic E-state index is 4.41. The van der Waals surface area contributed by atoms with Crippen molar-refractivity contribution in [3.05, 3.63) is 47.4 Å². The average molecular weight is 201 g/mol. The van der Waals surface area contributed by atoms with E-state index in [1.165, 1.54) is 11.1 Å². The lowest BCUT2D eigenvalue weighted by Gasteiger charge is -2.06. The van der Waals surface area contributed by atoms with E-state index in [0.717, 1.165) is 18.1 Å². The molecule has 0 aromatic carbocycles. The van der Waals surface area contributed by atoms with Crippen molar-refractivity contribution in [1.29, 1.82) is 0 Å². The molecule has 0 fully saturated rings. The van der Waals surface area contributed by atoms with Crippen molar-refractivity contribution >= 4 is 5.82 Å². The van der Waals surface area contributed by atoms with Crippen LogP contribution in [-0.4, -0.2) is 9.97 Å². The number of pyridine rings is 1. The van der Waals surface area contributed by atoms with Gasteiger partial charge in [0.1, 0.15) is 5.82 Å². The molecule has 2 aromatic rings. The molecule has 0 unspecified atom stereocenters. The number of anilines is 1. The largest absolute Gasteiger partial charge is 0.367 e. The Hall–Kier alpha value is -1.77. The molecule has 0 aliphatic carbocycles. The van der Waals surface area contributed by atoms with Gasteiger partial charge in [-0.15, -0.1) is 0 Å². The number of hydrogen-bond acceptors (Lipinski definition) is 2. The Morgan fingerprint density at radius 1 is 1.33 bits per heavy atom. The summed E-state index contributed by atoms with van der Waals surface area (Å²) in [4.78, 5) is 7.44. The van der Waals surface area contributed by atoms with E-state index in [1.807, 2.05) is 19.3 Å². The van der Waals surface area contributed by atoms with Crippen LogP contribution in [0.1, 0.15) is 16.8 Å². The van der Waals surface area contributed by atoms with Gasteiger partial charge in [-0.1, -0.05) is 0 Å². The van der Waals surface area contributed by atoms with Gasteiger partial charge in [0.25, 0.3) is 0 Å². The summed E-state index contributed by atoms with van der Waals surface area (Å²) in [6, 6.07) is 6.18. The molecule has 15 heavy (non-hydrogen) atoms. The fourth-order valence-corrected chi connectivity index (χ4v) is 1.59. The third kappa shape index (κ3) is 2.59. The summed E-state index contributed by atoms with van der Waals surface area (Å²) in [5.74, 6) is 0.939. The molecule has 0 saturated carbocycles. The lowest BCUT2D eigenvalue weighted by Crippen LogP contribution is -2.01. The van der Waals surface area contributed by atoms with Crippen LogP contribution in [0.25, 0.3) is 0 Å². The zero-order chi connectivity index (χ0) is 10.7. The quantitative estimate of drug-likeness (QED) is 0.801. The molecule has 0 aliphatic heterocycles. The van der Waals surface area contributed by atoms with Gasteiger partial charge in [-0.2, -0.15) is 0 Å². The van der Waals surface area contributed by atoms with E-state index in [9.17, 15) is 0 Å². The normalized spacial score (nSPS) is 10.3. The van der Waals surface area contributed by atoms with Crippen molar-refractivity contribution in [2.45, 2.75) is 20.4 Å². The molecular weight excluding hydrogens is 186 g/mol. The summed E-state index contributed by atoms with van der Waals surface area (Å²) < 4.78 is 0. The van der Waals surface area contributed by atoms with E-state index in [-0.39, 0.29) is 0 Å². The number of aromatic amines is 1. The number of aryl methyl sites for hydroxylation is 2. The highest BCUT2D eigenvalue weighted by molar-refractivity contribution is 5.39. The van der Waals surface area contributed by atoms with Crippen molar-refractivity contribution in [3.8, 4) is 0 Å². The van der Waals surface area contributed by atoms with Gasteiger partial charge in [0.15, 0.2) is 0 Å². The van der Waals surface area contributed by atoms with Crippen molar-refractivity contribution in [1.82, 2.24) is 9.97 Å². The standard InChI is InChI=1S/C12H15N3/c1-9-5-10(2)15-12(6-9)14-8-11-3-4-13-7-11/h3-7,13H,8H2,1-2H3,(H,14,15). The van der Waals surface area contributed by atoms with Crippen molar-refractivity contribution in [2.24, 2.45) is 0 Å². The topological polar surface area (TPSA) is 40.7 Å². The number of nitrogens with one attached hydrogen (secondary N) is 2. The molecule has 0 amide bonds. The molecule has 2 rings (SSSR count). The van der Waals surface area contributed by atoms with Crippen LogP contribution >= 0.6 is 0 Å². The molecule has 0 bridgehead atoms. The minimum absolute atomic E-state index is 0.805. The van der Waals surface area contributed by atoms with Crippen molar-refractivity contribution in [3.63, 3.8) is 0 Å². The van der Waals surface area contributed by atoms with Gasteiger partial charge in [0, 0.05) is 24.6 Å². The Bertz CT molecular complexity index is 412. The Balaban J connectivity index is 2.05. The molecule has 0 spiro atoms. The van der Waals surface area contributed by atoms with Gasteiger partial charge in [-0.25, -0.2) is 4.98 Å². The van der Waals surface area contributed by atoms with Gasteiger partial charge in [-0.05, 0) is 43.2 Å². The van der Waals surface area contributed by atoms with Crippen LogP contribution < -0.4 is 5.32 Å². The minimum Gasteiger partial charge on any atom is -0.367 e. The third-order valence-corrected chi connectivity index (χ3v) is 2.23. The second kappa shape index (κ2) is 4.17. The fourth-order valence-electron chi connectivity index (χ4n) is 1.59. The summed E-state index contributed by atoms with van der Waals surface area (Å²) in [7, 11) is 0. The Labute approximate surface area is 89.6 Å². The molecule has 78 valence electrons. The van der Waals surface area contributed by atoms with E-state index in [1.54, 1.807) is 0 Å². The predicted octanol–water partition coefficient (Wildman–Crippen LogP) is 2.64. The summed E-state index contributed by atoms with van der Waals surface area (Å²) in [6.07, 6.45) is 3.90. The van der Waals surface area contributed by atoms with Crippen molar-refractivity contribution in [2.75, 3.05) is 5.32 Å². The summed E-state index contributed by atoms with van der Waals surface area (Å²) in [5, 5.41) is 3.30. The average Bonchev–Trinajstić information content (AvgIpc) is 2.65. The first-order valence-corrected chi connectivity index (χ1v) is 5.05. The van der Waals surface area contributed by atoms with E-state index in [4.69, 9.17) is 0 Å². The van der Waals surface area contributed by atoms with E-state index in [0.29, 0.717) is 0 Å². The van der Waals surface area contributed by atoms with Gasteiger partial charge in [-0.3, -0.25) is 0 Å². The summed E-state index contributed by atoms with van der Waals surface area (Å²) >= 11 is 0. The molecule has 2 heterocycles. The van der Waals surface area contributed by atoms with Crippen LogP contribution in [0.2, 0.25) is 0 Å². The predicted molar refractivity (Wildman–Crippen MR) is 61.8 cm³/mol. The Morgan fingerprint density at radius 2 is 2.20 bits per heavy atom. The highest BCUT2D eigenvalue weighted by Gasteiger charge is 1.97.